The smallest absolute Gasteiger partial charge is 0.229 e. The van der Waals surface area contributed by atoms with Crippen LogP contribution in [0.25, 0.3) is 0 Å². The molecule has 0 amide bonds. The van der Waals surface area contributed by atoms with Crippen molar-refractivity contribution in [1.29, 1.82) is 0 Å². The second-order valence-electron chi connectivity index (χ2n) is 9.08. The Kier molecular flexibility index (Phi) is 8.23. The molecule has 10 nitrogen and oxygen atoms in total. The number of aliphatic hydroxyl groups is 5. The van der Waals surface area contributed by atoms with E-state index in [2.05, 4.69) is 0 Å². The van der Waals surface area contributed by atoms with Crippen molar-refractivity contribution in [3.8, 4) is 23.0 Å². The number of fused-ring (bicyclic) bond motifs is 1. The number of aliphatic hydroxyl groups excluding tert-OH is 5. The van der Waals surface area contributed by atoms with Gasteiger partial charge in [0, 0.05) is 12.2 Å². The summed E-state index contributed by atoms with van der Waals surface area (Å²) in [5.74, 6) is 1.37. The molecular weight excluding hydrogens is 472 g/mol. The molecule has 10 heteroatoms. The Morgan fingerprint density at radius 2 is 1.64 bits per heavy atom. The Labute approximate surface area is 209 Å². The first-order chi connectivity index (χ1) is 17.3. The van der Waals surface area contributed by atoms with Crippen molar-refractivity contribution in [3.63, 3.8) is 0 Å². The van der Waals surface area contributed by atoms with Gasteiger partial charge in [-0.15, -0.1) is 0 Å². The monoisotopic (exact) mass is 506 g/mol. The highest BCUT2D eigenvalue weighted by atomic mass is 16.7. The lowest BCUT2D eigenvalue weighted by Crippen LogP contribution is -2.58. The van der Waals surface area contributed by atoms with Gasteiger partial charge in [0.25, 0.3) is 0 Å². The first kappa shape index (κ1) is 26.5. The maximum Gasteiger partial charge on any atom is 0.229 e. The molecule has 2 aliphatic heterocycles. The van der Waals surface area contributed by atoms with Gasteiger partial charge in [0.15, 0.2) is 23.0 Å². The summed E-state index contributed by atoms with van der Waals surface area (Å²) < 4.78 is 28.7. The summed E-state index contributed by atoms with van der Waals surface area (Å²) >= 11 is 0. The molecule has 2 aromatic carbocycles. The molecule has 1 fully saturated rings. The van der Waals surface area contributed by atoms with Crippen LogP contribution in [0.15, 0.2) is 30.3 Å². The Morgan fingerprint density at radius 1 is 0.889 bits per heavy atom. The topological polar surface area (TPSA) is 147 Å². The van der Waals surface area contributed by atoms with Gasteiger partial charge in [-0.05, 0) is 49.1 Å². The number of hydrogen-bond acceptors (Lipinski definition) is 10. The van der Waals surface area contributed by atoms with Crippen molar-refractivity contribution in [2.24, 2.45) is 0 Å². The van der Waals surface area contributed by atoms with Crippen molar-refractivity contribution >= 4 is 0 Å². The molecule has 4 rings (SSSR count). The fourth-order valence-corrected chi connectivity index (χ4v) is 4.72. The molecule has 0 spiro atoms. The Bertz CT molecular complexity index is 1040. The van der Waals surface area contributed by atoms with Crippen LogP contribution >= 0.6 is 0 Å². The van der Waals surface area contributed by atoms with Crippen LogP contribution in [0.5, 0.6) is 23.0 Å². The number of hydrogen-bond donors (Lipinski definition) is 5. The molecular formula is C26H34O10. The van der Waals surface area contributed by atoms with Crippen LogP contribution in [0, 0.1) is 0 Å². The van der Waals surface area contributed by atoms with Crippen LogP contribution in [0.2, 0.25) is 0 Å². The predicted octanol–water partition coefficient (Wildman–Crippen LogP) is 1.04. The summed E-state index contributed by atoms with van der Waals surface area (Å²) in [6, 6.07) is 8.98. The molecule has 5 N–H and O–H groups in total. The molecule has 2 heterocycles. The lowest BCUT2D eigenvalue weighted by molar-refractivity contribution is -0.268. The van der Waals surface area contributed by atoms with Crippen LogP contribution in [0.3, 0.4) is 0 Å². The van der Waals surface area contributed by atoms with Gasteiger partial charge in [0.1, 0.15) is 24.4 Å². The van der Waals surface area contributed by atoms with Crippen molar-refractivity contribution in [2.45, 2.75) is 62.5 Å². The zero-order valence-electron chi connectivity index (χ0n) is 20.5. The first-order valence-corrected chi connectivity index (χ1v) is 12.0. The molecule has 7 atom stereocenters. The molecule has 2 unspecified atom stereocenters. The molecule has 36 heavy (non-hydrogen) atoms. The van der Waals surface area contributed by atoms with E-state index >= 15 is 0 Å². The molecule has 198 valence electrons. The second kappa shape index (κ2) is 11.2. The van der Waals surface area contributed by atoms with Crippen molar-refractivity contribution in [1.82, 2.24) is 0 Å². The molecule has 2 aliphatic rings. The second-order valence-corrected chi connectivity index (χ2v) is 9.08. The van der Waals surface area contributed by atoms with Crippen molar-refractivity contribution in [3.05, 3.63) is 47.0 Å². The minimum atomic E-state index is -1.46. The zero-order chi connectivity index (χ0) is 26.0. The molecule has 0 aliphatic carbocycles. The van der Waals surface area contributed by atoms with Gasteiger partial charge in [0.05, 0.1) is 32.8 Å². The third-order valence-corrected chi connectivity index (χ3v) is 6.76. The SMILES string of the molecule is COc1cc(C2Oc3c(OC)cc(CCCO)cc3C2CO)ccc1O[C@@H]1O[C@H](C)[C@H](O)[C@@H](O)[C@H]1O. The van der Waals surface area contributed by atoms with E-state index in [-0.39, 0.29) is 24.9 Å². The van der Waals surface area contributed by atoms with E-state index in [1.807, 2.05) is 12.1 Å². The van der Waals surface area contributed by atoms with E-state index in [1.54, 1.807) is 32.2 Å². The Morgan fingerprint density at radius 3 is 2.31 bits per heavy atom. The van der Waals surface area contributed by atoms with Gasteiger partial charge in [-0.25, -0.2) is 0 Å². The van der Waals surface area contributed by atoms with Gasteiger partial charge in [-0.1, -0.05) is 12.1 Å². The van der Waals surface area contributed by atoms with Crippen molar-refractivity contribution < 1.29 is 49.2 Å². The summed E-state index contributed by atoms with van der Waals surface area (Å²) in [4.78, 5) is 0. The highest BCUT2D eigenvalue weighted by molar-refractivity contribution is 5.56. The summed E-state index contributed by atoms with van der Waals surface area (Å²) in [7, 11) is 3.03. The third kappa shape index (κ3) is 4.97. The predicted molar refractivity (Wildman–Crippen MR) is 128 cm³/mol. The highest BCUT2D eigenvalue weighted by Gasteiger charge is 2.43. The van der Waals surface area contributed by atoms with Gasteiger partial charge >= 0.3 is 0 Å². The van der Waals surface area contributed by atoms with E-state index in [4.69, 9.17) is 23.7 Å². The van der Waals surface area contributed by atoms with E-state index in [0.717, 1.165) is 16.7 Å². The van der Waals surface area contributed by atoms with E-state index in [0.29, 0.717) is 30.1 Å². The zero-order valence-corrected chi connectivity index (χ0v) is 20.5. The van der Waals surface area contributed by atoms with E-state index < -0.39 is 36.8 Å². The molecule has 2 aromatic rings. The number of ether oxygens (including phenoxy) is 5. The largest absolute Gasteiger partial charge is 0.493 e. The summed E-state index contributed by atoms with van der Waals surface area (Å²) in [5.41, 5.74) is 2.54. The molecule has 0 saturated carbocycles. The maximum absolute atomic E-state index is 10.3. The molecule has 0 radical (unpaired) electrons. The highest BCUT2D eigenvalue weighted by Crippen LogP contribution is 2.51. The minimum Gasteiger partial charge on any atom is -0.493 e. The number of rotatable bonds is 9. The lowest BCUT2D eigenvalue weighted by Gasteiger charge is -2.39. The quantitative estimate of drug-likeness (QED) is 0.334. The lowest BCUT2D eigenvalue weighted by atomic mass is 9.90. The summed E-state index contributed by atoms with van der Waals surface area (Å²) in [6.07, 6.45) is -5.31. The normalized spacial score (nSPS) is 29.4. The fraction of sp³-hybridized carbons (Fsp3) is 0.538. The fourth-order valence-electron chi connectivity index (χ4n) is 4.72. The van der Waals surface area contributed by atoms with Crippen LogP contribution in [-0.2, 0) is 11.2 Å². The van der Waals surface area contributed by atoms with Crippen LogP contribution in [0.1, 0.15) is 42.1 Å². The maximum atomic E-state index is 10.3. The van der Waals surface area contributed by atoms with Crippen LogP contribution < -0.4 is 18.9 Å². The standard InChI is InChI=1S/C26H34O10/c1-13-21(29)22(30)23(31)26(34-13)35-18-7-6-15(11-19(18)32-2)24-17(12-28)16-9-14(5-4-8-27)10-20(33-3)25(16)36-24/h6-7,9-11,13,17,21-24,26-31H,4-5,8,12H2,1-3H3/t13-,17?,21+,22-,23-,24?,26+/m1/s1. The van der Waals surface area contributed by atoms with E-state index in [1.165, 1.54) is 7.11 Å². The van der Waals surface area contributed by atoms with E-state index in [9.17, 15) is 25.5 Å². The number of methoxy groups -OCH3 is 2. The summed E-state index contributed by atoms with van der Waals surface area (Å²) in [6.45, 7) is 1.49. The average Bonchev–Trinajstić information content (AvgIpc) is 3.27. The summed E-state index contributed by atoms with van der Waals surface area (Å²) in [5, 5.41) is 49.8. The van der Waals surface area contributed by atoms with Gasteiger partial charge < -0.3 is 49.2 Å². The van der Waals surface area contributed by atoms with Gasteiger partial charge in [0.2, 0.25) is 6.29 Å². The minimum absolute atomic E-state index is 0.0809. The Balaban J connectivity index is 1.60. The van der Waals surface area contributed by atoms with Crippen LogP contribution in [0.4, 0.5) is 0 Å². The Hall–Kier alpha value is -2.60. The molecule has 1 saturated heterocycles. The number of benzene rings is 2. The van der Waals surface area contributed by atoms with Gasteiger partial charge in [-0.2, -0.15) is 0 Å². The first-order valence-electron chi connectivity index (χ1n) is 12.0. The molecule has 0 aromatic heterocycles. The van der Waals surface area contributed by atoms with Crippen molar-refractivity contribution in [2.75, 3.05) is 27.4 Å². The van der Waals surface area contributed by atoms with Crippen LogP contribution in [-0.4, -0.2) is 83.7 Å². The molecule has 0 bridgehead atoms. The van der Waals surface area contributed by atoms with Gasteiger partial charge in [-0.3, -0.25) is 0 Å². The number of aryl methyl sites for hydroxylation is 1. The third-order valence-electron chi connectivity index (χ3n) is 6.76. The average molecular weight is 507 g/mol.